The minimum absolute atomic E-state index is 0.186. The summed E-state index contributed by atoms with van der Waals surface area (Å²) in [6.07, 6.45) is 5.21. The van der Waals surface area contributed by atoms with Gasteiger partial charge < -0.3 is 4.74 Å². The summed E-state index contributed by atoms with van der Waals surface area (Å²) in [6, 6.07) is 10.8. The Labute approximate surface area is 129 Å². The average Bonchev–Trinajstić information content (AvgIpc) is 2.47. The van der Waals surface area contributed by atoms with Crippen LogP contribution in [0.2, 0.25) is 0 Å². The fraction of sp³-hybridized carbons (Fsp3) is 0.632. The molecule has 0 aliphatic heterocycles. The molecule has 1 saturated carbocycles. The van der Waals surface area contributed by atoms with Crippen LogP contribution in [0.3, 0.4) is 0 Å². The average molecular weight is 285 g/mol. The van der Waals surface area contributed by atoms with E-state index in [9.17, 15) is 5.26 Å². The van der Waals surface area contributed by atoms with Gasteiger partial charge in [-0.2, -0.15) is 5.26 Å². The molecule has 0 N–H and O–H groups in total. The van der Waals surface area contributed by atoms with E-state index in [4.69, 9.17) is 4.74 Å². The normalized spacial score (nSPS) is 26.1. The molecule has 21 heavy (non-hydrogen) atoms. The van der Waals surface area contributed by atoms with Crippen LogP contribution in [0.1, 0.15) is 52.0 Å². The Balaban J connectivity index is 2.09. The lowest BCUT2D eigenvalue weighted by Crippen LogP contribution is -2.33. The van der Waals surface area contributed by atoms with Crippen molar-refractivity contribution in [1.29, 1.82) is 5.26 Å². The number of benzene rings is 1. The Kier molecular flexibility index (Phi) is 4.61. The highest BCUT2D eigenvalue weighted by Crippen LogP contribution is 2.46. The summed E-state index contributed by atoms with van der Waals surface area (Å²) >= 11 is 0. The molecule has 2 rings (SSSR count). The summed E-state index contributed by atoms with van der Waals surface area (Å²) < 4.78 is 5.29. The van der Waals surface area contributed by atoms with Crippen LogP contribution in [0.25, 0.3) is 0 Å². The number of ether oxygens (including phenoxy) is 1. The van der Waals surface area contributed by atoms with Crippen molar-refractivity contribution >= 4 is 0 Å². The van der Waals surface area contributed by atoms with Crippen LogP contribution >= 0.6 is 0 Å². The molecular formula is C19H27NO. The van der Waals surface area contributed by atoms with Crippen LogP contribution in [-0.2, 0) is 6.42 Å². The summed E-state index contributed by atoms with van der Waals surface area (Å²) in [4.78, 5) is 0. The summed E-state index contributed by atoms with van der Waals surface area (Å²) in [5, 5.41) is 9.74. The standard InChI is InChI=1S/C19H27NO/c1-18(2,3)16-8-10-19(14-20,11-9-16)13-15-6-5-7-17(12-15)21-4/h5-7,12,16H,8-11,13H2,1-4H3. The summed E-state index contributed by atoms with van der Waals surface area (Å²) in [5.41, 5.74) is 1.39. The molecule has 0 bridgehead atoms. The SMILES string of the molecule is COc1cccc(CC2(C#N)CCC(C(C)(C)C)CC2)c1. The minimum Gasteiger partial charge on any atom is -0.497 e. The molecule has 0 aromatic heterocycles. The van der Waals surface area contributed by atoms with Gasteiger partial charge in [-0.3, -0.25) is 0 Å². The first-order chi connectivity index (χ1) is 9.88. The highest BCUT2D eigenvalue weighted by atomic mass is 16.5. The van der Waals surface area contributed by atoms with Crippen molar-refractivity contribution in [2.24, 2.45) is 16.7 Å². The molecule has 0 heterocycles. The van der Waals surface area contributed by atoms with Crippen LogP contribution in [0.4, 0.5) is 0 Å². The monoisotopic (exact) mass is 285 g/mol. The molecule has 0 unspecified atom stereocenters. The van der Waals surface area contributed by atoms with Crippen molar-refractivity contribution in [3.63, 3.8) is 0 Å². The Hall–Kier alpha value is -1.49. The summed E-state index contributed by atoms with van der Waals surface area (Å²) in [6.45, 7) is 6.96. The van der Waals surface area contributed by atoms with Gasteiger partial charge in [0.2, 0.25) is 0 Å². The van der Waals surface area contributed by atoms with E-state index in [-0.39, 0.29) is 5.41 Å². The van der Waals surface area contributed by atoms with E-state index in [1.807, 2.05) is 12.1 Å². The molecule has 1 aromatic rings. The van der Waals surface area contributed by atoms with Crippen LogP contribution in [0.15, 0.2) is 24.3 Å². The van der Waals surface area contributed by atoms with Gasteiger partial charge in [-0.05, 0) is 61.1 Å². The lowest BCUT2D eigenvalue weighted by Gasteiger charge is -2.40. The zero-order chi connectivity index (χ0) is 15.5. The molecule has 114 valence electrons. The third kappa shape index (κ3) is 3.79. The van der Waals surface area contributed by atoms with E-state index < -0.39 is 0 Å². The van der Waals surface area contributed by atoms with E-state index in [0.29, 0.717) is 5.41 Å². The first-order valence-electron chi connectivity index (χ1n) is 7.93. The largest absolute Gasteiger partial charge is 0.497 e. The Morgan fingerprint density at radius 3 is 2.48 bits per heavy atom. The Bertz CT molecular complexity index is 513. The van der Waals surface area contributed by atoms with Crippen LogP contribution < -0.4 is 4.74 Å². The number of hydrogen-bond acceptors (Lipinski definition) is 2. The molecule has 1 aliphatic carbocycles. The summed E-state index contributed by atoms with van der Waals surface area (Å²) in [5.74, 6) is 1.62. The van der Waals surface area contributed by atoms with E-state index >= 15 is 0 Å². The molecule has 0 amide bonds. The number of nitriles is 1. The fourth-order valence-electron chi connectivity index (χ4n) is 3.54. The minimum atomic E-state index is -0.186. The highest BCUT2D eigenvalue weighted by molar-refractivity contribution is 5.30. The third-order valence-corrected chi connectivity index (χ3v) is 5.08. The lowest BCUT2D eigenvalue weighted by atomic mass is 9.63. The van der Waals surface area contributed by atoms with Crippen LogP contribution in [0, 0.1) is 28.1 Å². The quantitative estimate of drug-likeness (QED) is 0.784. The molecule has 1 fully saturated rings. The van der Waals surface area contributed by atoms with Crippen LogP contribution in [0.5, 0.6) is 5.75 Å². The van der Waals surface area contributed by atoms with Crippen molar-refractivity contribution in [2.75, 3.05) is 7.11 Å². The predicted octanol–water partition coefficient (Wildman–Crippen LogP) is 4.98. The Morgan fingerprint density at radius 1 is 1.29 bits per heavy atom. The molecular weight excluding hydrogens is 258 g/mol. The van der Waals surface area contributed by atoms with E-state index in [1.165, 1.54) is 18.4 Å². The third-order valence-electron chi connectivity index (χ3n) is 5.08. The van der Waals surface area contributed by atoms with Gasteiger partial charge in [0.05, 0.1) is 18.6 Å². The van der Waals surface area contributed by atoms with Gasteiger partial charge in [0.1, 0.15) is 5.75 Å². The molecule has 0 atom stereocenters. The van der Waals surface area contributed by atoms with E-state index in [0.717, 1.165) is 30.9 Å². The first kappa shape index (κ1) is 15.9. The molecule has 0 saturated heterocycles. The maximum absolute atomic E-state index is 9.74. The van der Waals surface area contributed by atoms with Crippen molar-refractivity contribution in [3.8, 4) is 11.8 Å². The molecule has 0 spiro atoms. The van der Waals surface area contributed by atoms with E-state index in [1.54, 1.807) is 7.11 Å². The van der Waals surface area contributed by atoms with Gasteiger partial charge in [-0.25, -0.2) is 0 Å². The lowest BCUT2D eigenvalue weighted by molar-refractivity contribution is 0.120. The Morgan fingerprint density at radius 2 is 1.95 bits per heavy atom. The zero-order valence-electron chi connectivity index (χ0n) is 13.8. The number of hydrogen-bond donors (Lipinski definition) is 0. The summed E-state index contributed by atoms with van der Waals surface area (Å²) in [7, 11) is 1.69. The smallest absolute Gasteiger partial charge is 0.119 e. The second kappa shape index (κ2) is 6.10. The van der Waals surface area contributed by atoms with Gasteiger partial charge in [-0.1, -0.05) is 32.9 Å². The van der Waals surface area contributed by atoms with Gasteiger partial charge in [-0.15, -0.1) is 0 Å². The molecule has 2 nitrogen and oxygen atoms in total. The van der Waals surface area contributed by atoms with Crippen molar-refractivity contribution in [2.45, 2.75) is 52.9 Å². The van der Waals surface area contributed by atoms with Gasteiger partial charge in [0.15, 0.2) is 0 Å². The van der Waals surface area contributed by atoms with Gasteiger partial charge >= 0.3 is 0 Å². The van der Waals surface area contributed by atoms with Crippen molar-refractivity contribution in [3.05, 3.63) is 29.8 Å². The fourth-order valence-corrected chi connectivity index (χ4v) is 3.54. The second-order valence-corrected chi connectivity index (χ2v) is 7.56. The van der Waals surface area contributed by atoms with Crippen molar-refractivity contribution < 1.29 is 4.74 Å². The topological polar surface area (TPSA) is 33.0 Å². The number of rotatable bonds is 3. The number of nitrogens with zero attached hydrogens (tertiary/aromatic N) is 1. The molecule has 0 radical (unpaired) electrons. The molecule has 1 aromatic carbocycles. The maximum atomic E-state index is 9.74. The number of methoxy groups -OCH3 is 1. The maximum Gasteiger partial charge on any atom is 0.119 e. The first-order valence-corrected chi connectivity index (χ1v) is 7.93. The van der Waals surface area contributed by atoms with Gasteiger partial charge in [0.25, 0.3) is 0 Å². The zero-order valence-corrected chi connectivity index (χ0v) is 13.8. The van der Waals surface area contributed by atoms with Crippen molar-refractivity contribution in [1.82, 2.24) is 0 Å². The predicted molar refractivity (Wildman–Crippen MR) is 86.2 cm³/mol. The molecule has 2 heteroatoms. The highest BCUT2D eigenvalue weighted by Gasteiger charge is 2.39. The van der Waals surface area contributed by atoms with Crippen LogP contribution in [-0.4, -0.2) is 7.11 Å². The second-order valence-electron chi connectivity index (χ2n) is 7.56. The molecule has 1 aliphatic rings. The van der Waals surface area contributed by atoms with E-state index in [2.05, 4.69) is 39.0 Å². The van der Waals surface area contributed by atoms with Gasteiger partial charge in [0, 0.05) is 0 Å².